The third kappa shape index (κ3) is 3.43. The van der Waals surface area contributed by atoms with E-state index in [4.69, 9.17) is 0 Å². The summed E-state index contributed by atoms with van der Waals surface area (Å²) in [6.07, 6.45) is 2.01. The maximum Gasteiger partial charge on any atom is 0.326 e. The molecule has 1 heterocycles. The number of carboxylic acids is 1. The van der Waals surface area contributed by atoms with Crippen LogP contribution in [0.4, 0.5) is 0 Å². The lowest BCUT2D eigenvalue weighted by molar-refractivity contribution is -0.139. The summed E-state index contributed by atoms with van der Waals surface area (Å²) in [6.45, 7) is 0. The molecule has 3 N–H and O–H groups in total. The molecular weight excluding hydrogens is 419 g/mol. The predicted molar refractivity (Wildman–Crippen MR) is 100 cm³/mol. The number of aromatic nitrogens is 1. The van der Waals surface area contributed by atoms with E-state index in [-0.39, 0.29) is 12.3 Å². The number of rotatable bonds is 5. The van der Waals surface area contributed by atoms with Gasteiger partial charge in [-0.05, 0) is 46.4 Å². The zero-order valence-electron chi connectivity index (χ0n) is 12.6. The second-order valence-electron chi connectivity index (χ2n) is 5.41. The lowest BCUT2D eigenvalue weighted by Crippen LogP contribution is -2.42. The number of nitrogens with one attached hydrogen (secondary N) is 2. The Labute approximate surface area is 152 Å². The van der Waals surface area contributed by atoms with Crippen LogP contribution in [-0.2, 0) is 11.2 Å². The number of aromatic amines is 1. The van der Waals surface area contributed by atoms with Gasteiger partial charge < -0.3 is 15.4 Å². The lowest BCUT2D eigenvalue weighted by Gasteiger charge is -2.15. The molecule has 2 aromatic carbocycles. The molecule has 0 fully saturated rings. The molecule has 1 unspecified atom stereocenters. The molecule has 122 valence electrons. The maximum absolute atomic E-state index is 12.4. The molecule has 0 radical (unpaired) electrons. The number of hydrogen-bond acceptors (Lipinski definition) is 2. The number of H-pyrrole nitrogens is 1. The fourth-order valence-corrected chi connectivity index (χ4v) is 3.23. The SMILES string of the molecule is O=C(NC(Cc1c[nH]c2ccccc12)C(=O)O)c1ccccc1I. The summed E-state index contributed by atoms with van der Waals surface area (Å²) in [4.78, 5) is 27.1. The molecule has 0 saturated heterocycles. The zero-order chi connectivity index (χ0) is 17.1. The molecule has 24 heavy (non-hydrogen) atoms. The molecule has 6 heteroatoms. The number of carboxylic acid groups (broad SMARTS) is 1. The highest BCUT2D eigenvalue weighted by Crippen LogP contribution is 2.19. The molecule has 0 aliphatic rings. The van der Waals surface area contributed by atoms with Crippen LogP contribution in [0, 0.1) is 3.57 Å². The Morgan fingerprint density at radius 2 is 1.83 bits per heavy atom. The van der Waals surface area contributed by atoms with Crippen LogP contribution in [0.15, 0.2) is 54.7 Å². The Kier molecular flexibility index (Phi) is 4.84. The molecule has 3 rings (SSSR count). The van der Waals surface area contributed by atoms with Crippen molar-refractivity contribution in [2.75, 3.05) is 0 Å². The van der Waals surface area contributed by atoms with Gasteiger partial charge in [0.15, 0.2) is 0 Å². The Morgan fingerprint density at radius 1 is 1.12 bits per heavy atom. The van der Waals surface area contributed by atoms with Crippen molar-refractivity contribution in [1.29, 1.82) is 0 Å². The fraction of sp³-hybridized carbons (Fsp3) is 0.111. The minimum absolute atomic E-state index is 0.217. The van der Waals surface area contributed by atoms with Crippen LogP contribution in [0.3, 0.4) is 0 Å². The van der Waals surface area contributed by atoms with Crippen molar-refractivity contribution in [2.24, 2.45) is 0 Å². The van der Waals surface area contributed by atoms with Gasteiger partial charge in [0.1, 0.15) is 6.04 Å². The van der Waals surface area contributed by atoms with Gasteiger partial charge >= 0.3 is 5.97 Å². The molecule has 0 bridgehead atoms. The molecule has 0 spiro atoms. The van der Waals surface area contributed by atoms with Crippen LogP contribution in [0.25, 0.3) is 10.9 Å². The van der Waals surface area contributed by atoms with Crippen molar-refractivity contribution in [3.8, 4) is 0 Å². The number of carbonyl (C=O) groups is 2. The van der Waals surface area contributed by atoms with Crippen LogP contribution < -0.4 is 5.32 Å². The van der Waals surface area contributed by atoms with Gasteiger partial charge in [0.05, 0.1) is 5.56 Å². The summed E-state index contributed by atoms with van der Waals surface area (Å²) < 4.78 is 0.781. The Hall–Kier alpha value is -2.35. The summed E-state index contributed by atoms with van der Waals surface area (Å²) in [6, 6.07) is 13.8. The van der Waals surface area contributed by atoms with Gasteiger partial charge in [0.2, 0.25) is 0 Å². The van der Waals surface area contributed by atoms with Gasteiger partial charge in [0.25, 0.3) is 5.91 Å². The topological polar surface area (TPSA) is 82.2 Å². The average molecular weight is 434 g/mol. The van der Waals surface area contributed by atoms with Crippen LogP contribution >= 0.6 is 22.6 Å². The van der Waals surface area contributed by atoms with Gasteiger partial charge in [-0.3, -0.25) is 4.79 Å². The highest BCUT2D eigenvalue weighted by Gasteiger charge is 2.23. The number of carbonyl (C=O) groups excluding carboxylic acids is 1. The summed E-state index contributed by atoms with van der Waals surface area (Å²) in [7, 11) is 0. The summed E-state index contributed by atoms with van der Waals surface area (Å²) in [5, 5.41) is 13.1. The van der Waals surface area contributed by atoms with Crippen molar-refractivity contribution in [1.82, 2.24) is 10.3 Å². The van der Waals surface area contributed by atoms with Crippen LogP contribution in [0.1, 0.15) is 15.9 Å². The zero-order valence-corrected chi connectivity index (χ0v) is 14.8. The second kappa shape index (κ2) is 7.04. The van der Waals surface area contributed by atoms with Crippen molar-refractivity contribution < 1.29 is 14.7 Å². The van der Waals surface area contributed by atoms with E-state index < -0.39 is 12.0 Å². The van der Waals surface area contributed by atoms with E-state index in [1.54, 1.807) is 18.3 Å². The van der Waals surface area contributed by atoms with Crippen molar-refractivity contribution in [3.05, 3.63) is 69.4 Å². The number of fused-ring (bicyclic) bond motifs is 1. The number of amides is 1. The molecule has 1 amide bonds. The highest BCUT2D eigenvalue weighted by atomic mass is 127. The summed E-state index contributed by atoms with van der Waals surface area (Å²) in [5.74, 6) is -1.44. The first-order chi connectivity index (χ1) is 11.6. The van der Waals surface area contributed by atoms with Gasteiger partial charge in [-0.2, -0.15) is 0 Å². The van der Waals surface area contributed by atoms with Gasteiger partial charge in [0, 0.05) is 27.1 Å². The molecule has 1 aromatic heterocycles. The minimum Gasteiger partial charge on any atom is -0.480 e. The lowest BCUT2D eigenvalue weighted by atomic mass is 10.0. The third-order valence-electron chi connectivity index (χ3n) is 3.82. The second-order valence-corrected chi connectivity index (χ2v) is 6.57. The van der Waals surface area contributed by atoms with E-state index in [0.29, 0.717) is 5.56 Å². The van der Waals surface area contributed by atoms with Crippen molar-refractivity contribution in [3.63, 3.8) is 0 Å². The molecule has 3 aromatic rings. The standard InChI is InChI=1S/C18H15IN2O3/c19-14-7-3-1-6-13(14)17(22)21-16(18(23)24)9-11-10-20-15-8-4-2-5-12(11)15/h1-8,10,16,20H,9H2,(H,21,22)(H,23,24). The van der Waals surface area contributed by atoms with Crippen LogP contribution in [0.2, 0.25) is 0 Å². The number of halogens is 1. The first kappa shape index (κ1) is 16.5. The van der Waals surface area contributed by atoms with Crippen LogP contribution in [0.5, 0.6) is 0 Å². The largest absolute Gasteiger partial charge is 0.480 e. The van der Waals surface area contributed by atoms with E-state index in [1.807, 2.05) is 36.4 Å². The average Bonchev–Trinajstić information content (AvgIpc) is 2.97. The Morgan fingerprint density at radius 3 is 2.58 bits per heavy atom. The van der Waals surface area contributed by atoms with E-state index in [0.717, 1.165) is 20.0 Å². The molecular formula is C18H15IN2O3. The van der Waals surface area contributed by atoms with Crippen molar-refractivity contribution in [2.45, 2.75) is 12.5 Å². The normalized spacial score (nSPS) is 12.0. The number of benzene rings is 2. The van der Waals surface area contributed by atoms with E-state index in [1.165, 1.54) is 0 Å². The maximum atomic E-state index is 12.4. The minimum atomic E-state index is -1.06. The molecule has 1 atom stereocenters. The highest BCUT2D eigenvalue weighted by molar-refractivity contribution is 14.1. The monoisotopic (exact) mass is 434 g/mol. The van der Waals surface area contributed by atoms with E-state index in [2.05, 4.69) is 32.9 Å². The number of hydrogen-bond donors (Lipinski definition) is 3. The van der Waals surface area contributed by atoms with E-state index >= 15 is 0 Å². The van der Waals surface area contributed by atoms with E-state index in [9.17, 15) is 14.7 Å². The van der Waals surface area contributed by atoms with Gasteiger partial charge in [-0.15, -0.1) is 0 Å². The summed E-state index contributed by atoms with van der Waals surface area (Å²) in [5.41, 5.74) is 2.28. The quantitative estimate of drug-likeness (QED) is 0.540. The molecule has 5 nitrogen and oxygen atoms in total. The number of aliphatic carboxylic acids is 1. The van der Waals surface area contributed by atoms with Gasteiger partial charge in [-0.25, -0.2) is 4.79 Å². The third-order valence-corrected chi connectivity index (χ3v) is 4.76. The predicted octanol–water partition coefficient (Wildman–Crippen LogP) is 3.20. The molecule has 0 aliphatic heterocycles. The summed E-state index contributed by atoms with van der Waals surface area (Å²) >= 11 is 2.06. The van der Waals surface area contributed by atoms with Gasteiger partial charge in [-0.1, -0.05) is 30.3 Å². The Bertz CT molecular complexity index is 904. The van der Waals surface area contributed by atoms with Crippen LogP contribution in [-0.4, -0.2) is 28.0 Å². The number of para-hydroxylation sites is 1. The first-order valence-corrected chi connectivity index (χ1v) is 8.47. The smallest absolute Gasteiger partial charge is 0.326 e. The molecule has 0 aliphatic carbocycles. The fourth-order valence-electron chi connectivity index (χ4n) is 2.60. The Balaban J connectivity index is 1.82. The first-order valence-electron chi connectivity index (χ1n) is 7.39. The molecule has 0 saturated carbocycles. The van der Waals surface area contributed by atoms with Crippen molar-refractivity contribution >= 4 is 45.4 Å².